The molecule has 25 heavy (non-hydrogen) atoms. The number of hydrogen-bond donors (Lipinski definition) is 0. The van der Waals surface area contributed by atoms with Gasteiger partial charge in [-0.1, -0.05) is 63.9 Å². The van der Waals surface area contributed by atoms with E-state index in [2.05, 4.69) is 61.0 Å². The highest BCUT2D eigenvalue weighted by Gasteiger charge is 2.27. The Morgan fingerprint density at radius 1 is 1.16 bits per heavy atom. The van der Waals surface area contributed by atoms with Crippen LogP contribution in [0.1, 0.15) is 57.4 Å². The van der Waals surface area contributed by atoms with Gasteiger partial charge >= 0.3 is 0 Å². The predicted molar refractivity (Wildman–Crippen MR) is 104 cm³/mol. The molecule has 1 amide bonds. The van der Waals surface area contributed by atoms with E-state index in [4.69, 9.17) is 0 Å². The number of aryl methyl sites for hydroxylation is 1. The summed E-state index contributed by atoms with van der Waals surface area (Å²) < 4.78 is 2.25. The lowest BCUT2D eigenvalue weighted by Crippen LogP contribution is -2.40. The van der Waals surface area contributed by atoms with E-state index in [1.54, 1.807) is 0 Å². The van der Waals surface area contributed by atoms with Crippen molar-refractivity contribution in [3.05, 3.63) is 59.4 Å². The number of hydrogen-bond acceptors (Lipinski definition) is 1. The van der Waals surface area contributed by atoms with E-state index in [9.17, 15) is 4.79 Å². The molecule has 0 saturated heterocycles. The number of carbonyl (C=O) groups excluding carboxylic acids is 1. The van der Waals surface area contributed by atoms with E-state index >= 15 is 0 Å². The van der Waals surface area contributed by atoms with Gasteiger partial charge in [0.15, 0.2) is 0 Å². The van der Waals surface area contributed by atoms with E-state index in [1.165, 1.54) is 16.8 Å². The first-order valence-electron chi connectivity index (χ1n) is 9.30. The first kappa shape index (κ1) is 19.3. The average molecular weight is 341 g/mol. The van der Waals surface area contributed by atoms with E-state index in [1.807, 2.05) is 25.7 Å². The maximum absolute atomic E-state index is 12.8. The number of aromatic nitrogens is 1. The molecule has 0 radical (unpaired) electrons. The van der Waals surface area contributed by atoms with E-state index in [0.717, 1.165) is 25.9 Å². The fourth-order valence-corrected chi connectivity index (χ4v) is 3.03. The molecule has 0 spiro atoms. The van der Waals surface area contributed by atoms with Crippen LogP contribution in [0.15, 0.2) is 42.6 Å². The molecule has 0 aliphatic heterocycles. The fourth-order valence-electron chi connectivity index (χ4n) is 3.03. The lowest BCUT2D eigenvalue weighted by molar-refractivity contribution is -0.140. The number of rotatable bonds is 7. The molecule has 0 aliphatic rings. The Hall–Kier alpha value is -2.03. The summed E-state index contributed by atoms with van der Waals surface area (Å²) in [6.07, 6.45) is 4.25. The number of benzene rings is 1. The first-order valence-corrected chi connectivity index (χ1v) is 9.30. The molecule has 3 heteroatoms. The molecule has 3 nitrogen and oxygen atoms in total. The molecule has 2 rings (SSSR count). The Morgan fingerprint density at radius 3 is 2.56 bits per heavy atom. The number of unbranched alkanes of at least 4 members (excludes halogenated alkanes) is 1. The molecule has 0 N–H and O–H groups in total. The molecule has 0 unspecified atom stereocenters. The lowest BCUT2D eigenvalue weighted by Gasteiger charge is -2.30. The van der Waals surface area contributed by atoms with Gasteiger partial charge < -0.3 is 9.47 Å². The zero-order valence-corrected chi connectivity index (χ0v) is 16.4. The standard InChI is InChI=1S/C22H32N2O/c1-6-7-13-24(21(25)22(3,4)5)17-20-12-9-14-23(20)16-19-11-8-10-18(2)15-19/h8-12,14-15H,6-7,13,16-17H2,1-5H3. The average Bonchev–Trinajstić information content (AvgIpc) is 2.96. The van der Waals surface area contributed by atoms with Crippen molar-refractivity contribution in [2.24, 2.45) is 5.41 Å². The third-order valence-electron chi connectivity index (χ3n) is 4.42. The molecule has 1 aromatic heterocycles. The quantitative estimate of drug-likeness (QED) is 0.695. The number of nitrogens with zero attached hydrogens (tertiary/aromatic N) is 2. The van der Waals surface area contributed by atoms with E-state index in [-0.39, 0.29) is 11.3 Å². The summed E-state index contributed by atoms with van der Waals surface area (Å²) in [5.74, 6) is 0.226. The molecule has 136 valence electrons. The van der Waals surface area contributed by atoms with Crippen molar-refractivity contribution in [1.29, 1.82) is 0 Å². The normalized spacial score (nSPS) is 11.6. The van der Waals surface area contributed by atoms with Crippen LogP contribution in [0.3, 0.4) is 0 Å². The summed E-state index contributed by atoms with van der Waals surface area (Å²) in [5, 5.41) is 0. The minimum Gasteiger partial charge on any atom is -0.345 e. The molecule has 0 fully saturated rings. The van der Waals surface area contributed by atoms with Crippen molar-refractivity contribution in [3.63, 3.8) is 0 Å². The summed E-state index contributed by atoms with van der Waals surface area (Å²) in [7, 11) is 0. The molecule has 2 aromatic rings. The topological polar surface area (TPSA) is 25.2 Å². The third-order valence-corrected chi connectivity index (χ3v) is 4.42. The molecular weight excluding hydrogens is 308 g/mol. The van der Waals surface area contributed by atoms with Gasteiger partial charge in [0.1, 0.15) is 0 Å². The zero-order valence-electron chi connectivity index (χ0n) is 16.4. The minimum atomic E-state index is -0.346. The van der Waals surface area contributed by atoms with Gasteiger partial charge in [-0.2, -0.15) is 0 Å². The predicted octanol–water partition coefficient (Wildman–Crippen LogP) is 5.02. The van der Waals surface area contributed by atoms with Crippen molar-refractivity contribution in [2.45, 2.75) is 60.5 Å². The third kappa shape index (κ3) is 5.48. The van der Waals surface area contributed by atoms with Gasteiger partial charge in [0.05, 0.1) is 6.54 Å². The molecular formula is C22H32N2O. The van der Waals surface area contributed by atoms with E-state index < -0.39 is 0 Å². The van der Waals surface area contributed by atoms with Gasteiger partial charge in [-0.3, -0.25) is 4.79 Å². The monoisotopic (exact) mass is 340 g/mol. The fraction of sp³-hybridized carbons (Fsp3) is 0.500. The summed E-state index contributed by atoms with van der Waals surface area (Å²) in [4.78, 5) is 14.8. The molecule has 1 aromatic carbocycles. The van der Waals surface area contributed by atoms with Crippen molar-refractivity contribution in [3.8, 4) is 0 Å². The zero-order chi connectivity index (χ0) is 18.4. The second-order valence-electron chi connectivity index (χ2n) is 7.95. The first-order chi connectivity index (χ1) is 11.8. The van der Waals surface area contributed by atoms with Crippen molar-refractivity contribution in [1.82, 2.24) is 9.47 Å². The Kier molecular flexibility index (Phi) is 6.46. The van der Waals surface area contributed by atoms with Crippen molar-refractivity contribution >= 4 is 5.91 Å². The Balaban J connectivity index is 2.17. The molecule has 0 aliphatic carbocycles. The van der Waals surface area contributed by atoms with Crippen LogP contribution in [0.2, 0.25) is 0 Å². The van der Waals surface area contributed by atoms with Crippen LogP contribution in [0, 0.1) is 12.3 Å². The van der Waals surface area contributed by atoms with Crippen LogP contribution in [0.4, 0.5) is 0 Å². The maximum atomic E-state index is 12.8. The van der Waals surface area contributed by atoms with Crippen molar-refractivity contribution in [2.75, 3.05) is 6.54 Å². The van der Waals surface area contributed by atoms with E-state index in [0.29, 0.717) is 6.54 Å². The van der Waals surface area contributed by atoms with Crippen LogP contribution in [0.25, 0.3) is 0 Å². The highest BCUT2D eigenvalue weighted by Crippen LogP contribution is 2.20. The summed E-state index contributed by atoms with van der Waals surface area (Å²) >= 11 is 0. The number of amides is 1. The van der Waals surface area contributed by atoms with Crippen LogP contribution < -0.4 is 0 Å². The van der Waals surface area contributed by atoms with Crippen LogP contribution in [-0.2, 0) is 17.9 Å². The van der Waals surface area contributed by atoms with Crippen LogP contribution in [0.5, 0.6) is 0 Å². The smallest absolute Gasteiger partial charge is 0.228 e. The van der Waals surface area contributed by atoms with Crippen molar-refractivity contribution < 1.29 is 4.79 Å². The maximum Gasteiger partial charge on any atom is 0.228 e. The molecule has 1 heterocycles. The Labute approximate surface area is 152 Å². The van der Waals surface area contributed by atoms with Gasteiger partial charge in [-0.05, 0) is 31.0 Å². The summed E-state index contributed by atoms with van der Waals surface area (Å²) in [5.41, 5.74) is 3.41. The Bertz CT molecular complexity index is 694. The van der Waals surface area contributed by atoms with Gasteiger partial charge in [-0.25, -0.2) is 0 Å². The summed E-state index contributed by atoms with van der Waals surface area (Å²) in [6.45, 7) is 12.6. The molecule has 0 atom stereocenters. The second kappa shape index (κ2) is 8.37. The lowest BCUT2D eigenvalue weighted by atomic mass is 9.94. The molecule has 0 saturated carbocycles. The van der Waals surface area contributed by atoms with Crippen LogP contribution >= 0.6 is 0 Å². The minimum absolute atomic E-state index is 0.226. The summed E-state index contributed by atoms with van der Waals surface area (Å²) in [6, 6.07) is 12.8. The largest absolute Gasteiger partial charge is 0.345 e. The highest BCUT2D eigenvalue weighted by molar-refractivity contribution is 5.81. The van der Waals surface area contributed by atoms with Gasteiger partial charge in [0, 0.05) is 30.4 Å². The SMILES string of the molecule is CCCCN(Cc1cccn1Cc1cccc(C)c1)C(=O)C(C)(C)C. The van der Waals surface area contributed by atoms with Gasteiger partial charge in [-0.15, -0.1) is 0 Å². The molecule has 0 bridgehead atoms. The van der Waals surface area contributed by atoms with Gasteiger partial charge in [0.25, 0.3) is 0 Å². The van der Waals surface area contributed by atoms with Gasteiger partial charge in [0.2, 0.25) is 5.91 Å². The number of carbonyl (C=O) groups is 1. The Morgan fingerprint density at radius 2 is 1.92 bits per heavy atom. The highest BCUT2D eigenvalue weighted by atomic mass is 16.2. The second-order valence-corrected chi connectivity index (χ2v) is 7.95. The van der Waals surface area contributed by atoms with Crippen LogP contribution in [-0.4, -0.2) is 21.9 Å².